The Bertz CT molecular complexity index is 1130. The molecule has 3 atom stereocenters. The molecule has 1 aliphatic carbocycles. The molecule has 3 heterocycles. The van der Waals surface area contributed by atoms with Crippen LogP contribution in [-0.2, 0) is 9.53 Å². The Balaban J connectivity index is 1.32. The van der Waals surface area contributed by atoms with Crippen LogP contribution >= 0.6 is 0 Å². The molecule has 6 rings (SSSR count). The van der Waals surface area contributed by atoms with Gasteiger partial charge in [-0.05, 0) is 42.6 Å². The quantitative estimate of drug-likeness (QED) is 0.528. The number of fused-ring (bicyclic) bond motifs is 3. The summed E-state index contributed by atoms with van der Waals surface area (Å²) in [6.45, 7) is 1.08. The maximum Gasteiger partial charge on any atom is 0.332 e. The standard InChI is InChI=1S/C27H23NO2/c29-26-17-24-22(16-23-18-27(24,30-26)25-8-4-5-15-28(23)25)14-11-19-9-12-21(13-10-19)20-6-2-1-3-7-20/h1-3,6-7,9-10,12-13,16-17,23,25H,4-5,8,15,18H2/t23-,25?,27+/m1/s1. The van der Waals surface area contributed by atoms with Crippen molar-refractivity contribution in [2.24, 2.45) is 0 Å². The predicted octanol–water partition coefficient (Wildman–Crippen LogP) is 4.49. The van der Waals surface area contributed by atoms with Crippen molar-refractivity contribution < 1.29 is 9.53 Å². The van der Waals surface area contributed by atoms with Gasteiger partial charge in [-0.1, -0.05) is 66.8 Å². The van der Waals surface area contributed by atoms with E-state index in [9.17, 15) is 4.79 Å². The molecule has 3 nitrogen and oxygen atoms in total. The van der Waals surface area contributed by atoms with Crippen LogP contribution < -0.4 is 0 Å². The maximum atomic E-state index is 12.3. The third kappa shape index (κ3) is 2.68. The van der Waals surface area contributed by atoms with E-state index in [1.165, 1.54) is 24.0 Å². The molecule has 2 bridgehead atoms. The molecular formula is C27H23NO2. The normalized spacial score (nSPS) is 29.1. The van der Waals surface area contributed by atoms with Gasteiger partial charge in [0.05, 0.1) is 6.04 Å². The molecule has 0 aromatic heterocycles. The molecule has 30 heavy (non-hydrogen) atoms. The van der Waals surface area contributed by atoms with Crippen LogP contribution in [0, 0.1) is 11.8 Å². The summed E-state index contributed by atoms with van der Waals surface area (Å²) in [5.41, 5.74) is 4.87. The zero-order chi connectivity index (χ0) is 20.1. The first-order valence-electron chi connectivity index (χ1n) is 10.8. The molecule has 2 saturated heterocycles. The van der Waals surface area contributed by atoms with Crippen molar-refractivity contribution in [1.82, 2.24) is 4.90 Å². The van der Waals surface area contributed by atoms with Gasteiger partial charge in [0, 0.05) is 35.2 Å². The summed E-state index contributed by atoms with van der Waals surface area (Å²) in [7, 11) is 0. The lowest BCUT2D eigenvalue weighted by Gasteiger charge is -2.38. The van der Waals surface area contributed by atoms with Gasteiger partial charge in [0.2, 0.25) is 0 Å². The van der Waals surface area contributed by atoms with E-state index in [0.717, 1.165) is 36.1 Å². The smallest absolute Gasteiger partial charge is 0.332 e. The van der Waals surface area contributed by atoms with Crippen molar-refractivity contribution >= 4 is 5.97 Å². The fourth-order valence-electron chi connectivity index (χ4n) is 5.69. The number of rotatable bonds is 1. The van der Waals surface area contributed by atoms with Crippen LogP contribution in [0.4, 0.5) is 0 Å². The van der Waals surface area contributed by atoms with Gasteiger partial charge >= 0.3 is 5.97 Å². The molecule has 0 saturated carbocycles. The number of carbonyl (C=O) groups excluding carboxylic acids is 1. The lowest BCUT2D eigenvalue weighted by molar-refractivity contribution is -0.148. The summed E-state index contributed by atoms with van der Waals surface area (Å²) in [6.07, 6.45) is 8.35. The van der Waals surface area contributed by atoms with Crippen LogP contribution in [-0.4, -0.2) is 35.1 Å². The van der Waals surface area contributed by atoms with Gasteiger partial charge in [0.25, 0.3) is 0 Å². The van der Waals surface area contributed by atoms with Crippen molar-refractivity contribution in [3.8, 4) is 23.0 Å². The average Bonchev–Trinajstić information content (AvgIpc) is 3.27. The monoisotopic (exact) mass is 393 g/mol. The molecule has 0 amide bonds. The minimum Gasteiger partial charge on any atom is -0.449 e. The van der Waals surface area contributed by atoms with Crippen LogP contribution in [0.25, 0.3) is 11.1 Å². The molecule has 1 spiro atoms. The number of piperidine rings is 1. The van der Waals surface area contributed by atoms with E-state index < -0.39 is 5.60 Å². The number of hydrogen-bond acceptors (Lipinski definition) is 3. The summed E-state index contributed by atoms with van der Waals surface area (Å²) < 4.78 is 5.98. The first kappa shape index (κ1) is 17.7. The molecule has 2 aromatic carbocycles. The number of nitrogens with zero attached hydrogens (tertiary/aromatic N) is 1. The molecule has 3 heteroatoms. The van der Waals surface area contributed by atoms with E-state index in [1.807, 2.05) is 6.07 Å². The van der Waals surface area contributed by atoms with Gasteiger partial charge in [0.1, 0.15) is 0 Å². The first-order valence-corrected chi connectivity index (χ1v) is 10.8. The van der Waals surface area contributed by atoms with Crippen molar-refractivity contribution in [3.63, 3.8) is 0 Å². The highest BCUT2D eigenvalue weighted by molar-refractivity contribution is 5.90. The Morgan fingerprint density at radius 2 is 1.77 bits per heavy atom. The fraction of sp³-hybridized carbons (Fsp3) is 0.296. The van der Waals surface area contributed by atoms with Gasteiger partial charge in [-0.2, -0.15) is 0 Å². The number of carbonyl (C=O) groups is 1. The van der Waals surface area contributed by atoms with E-state index >= 15 is 0 Å². The Kier molecular flexibility index (Phi) is 3.97. The minimum absolute atomic E-state index is 0.210. The number of hydrogen-bond donors (Lipinski definition) is 0. The molecule has 0 radical (unpaired) electrons. The van der Waals surface area contributed by atoms with E-state index in [0.29, 0.717) is 12.1 Å². The Hall–Kier alpha value is -3.09. The lowest BCUT2D eigenvalue weighted by atomic mass is 9.77. The van der Waals surface area contributed by atoms with Gasteiger partial charge in [-0.3, -0.25) is 4.90 Å². The largest absolute Gasteiger partial charge is 0.449 e. The van der Waals surface area contributed by atoms with Crippen molar-refractivity contribution in [2.45, 2.75) is 43.4 Å². The Morgan fingerprint density at radius 3 is 2.60 bits per heavy atom. The molecule has 148 valence electrons. The van der Waals surface area contributed by atoms with Crippen LogP contribution in [0.5, 0.6) is 0 Å². The van der Waals surface area contributed by atoms with Crippen LogP contribution in [0.15, 0.2) is 77.9 Å². The highest BCUT2D eigenvalue weighted by atomic mass is 16.6. The van der Waals surface area contributed by atoms with Crippen molar-refractivity contribution in [1.29, 1.82) is 0 Å². The van der Waals surface area contributed by atoms with Gasteiger partial charge < -0.3 is 4.74 Å². The molecule has 4 aliphatic rings. The fourth-order valence-corrected chi connectivity index (χ4v) is 5.69. The topological polar surface area (TPSA) is 29.5 Å². The first-order chi connectivity index (χ1) is 14.7. The molecule has 0 N–H and O–H groups in total. The third-order valence-corrected chi connectivity index (χ3v) is 7.00. The summed E-state index contributed by atoms with van der Waals surface area (Å²) in [4.78, 5) is 14.8. The van der Waals surface area contributed by atoms with Crippen LogP contribution in [0.2, 0.25) is 0 Å². The molecule has 3 aliphatic heterocycles. The van der Waals surface area contributed by atoms with E-state index in [-0.39, 0.29) is 5.97 Å². The second-order valence-corrected chi connectivity index (χ2v) is 8.66. The van der Waals surface area contributed by atoms with Gasteiger partial charge in [-0.25, -0.2) is 4.79 Å². The van der Waals surface area contributed by atoms with Gasteiger partial charge in [-0.15, -0.1) is 0 Å². The number of ether oxygens (including phenoxy) is 1. The maximum absolute atomic E-state index is 12.3. The van der Waals surface area contributed by atoms with E-state index in [1.54, 1.807) is 6.08 Å². The van der Waals surface area contributed by atoms with E-state index in [2.05, 4.69) is 71.3 Å². The molecular weight excluding hydrogens is 370 g/mol. The van der Waals surface area contributed by atoms with E-state index in [4.69, 9.17) is 4.74 Å². The Labute approximate surface area is 177 Å². The second-order valence-electron chi connectivity index (χ2n) is 8.66. The highest BCUT2D eigenvalue weighted by Gasteiger charge is 2.61. The zero-order valence-electron chi connectivity index (χ0n) is 16.8. The summed E-state index contributed by atoms with van der Waals surface area (Å²) in [6, 6.07) is 19.3. The van der Waals surface area contributed by atoms with Gasteiger partial charge in [0.15, 0.2) is 5.60 Å². The van der Waals surface area contributed by atoms with Crippen molar-refractivity contribution in [3.05, 3.63) is 83.5 Å². The summed E-state index contributed by atoms with van der Waals surface area (Å²) in [5.74, 6) is 6.49. The predicted molar refractivity (Wildman–Crippen MR) is 116 cm³/mol. The highest BCUT2D eigenvalue weighted by Crippen LogP contribution is 2.53. The van der Waals surface area contributed by atoms with Crippen LogP contribution in [0.1, 0.15) is 31.2 Å². The number of esters is 1. The second kappa shape index (κ2) is 6.72. The average molecular weight is 393 g/mol. The summed E-state index contributed by atoms with van der Waals surface area (Å²) in [5, 5.41) is 0. The lowest BCUT2D eigenvalue weighted by Crippen LogP contribution is -2.48. The molecule has 2 fully saturated rings. The number of benzene rings is 2. The van der Waals surface area contributed by atoms with Crippen LogP contribution in [0.3, 0.4) is 0 Å². The van der Waals surface area contributed by atoms with Crippen molar-refractivity contribution in [2.75, 3.05) is 6.54 Å². The third-order valence-electron chi connectivity index (χ3n) is 7.00. The SMILES string of the molecule is O=C1C=C2C(C#Cc3ccc(-c4ccccc4)cc3)=C[C@@H]3C[C@@]2(O1)C1CCCCN13. The molecule has 1 unspecified atom stereocenters. The zero-order valence-corrected chi connectivity index (χ0v) is 16.8. The Morgan fingerprint density at radius 1 is 0.967 bits per heavy atom. The summed E-state index contributed by atoms with van der Waals surface area (Å²) >= 11 is 0. The molecule has 2 aromatic rings. The minimum atomic E-state index is -0.474.